The van der Waals surface area contributed by atoms with Gasteiger partial charge in [-0.05, 0) is 37.3 Å². The number of nitrogens with zero attached hydrogens (tertiary/aromatic N) is 3. The number of hydrogen-bond donors (Lipinski definition) is 1. The second-order valence-corrected chi connectivity index (χ2v) is 10.5. The van der Waals surface area contributed by atoms with Gasteiger partial charge in [-0.25, -0.2) is 4.99 Å². The van der Waals surface area contributed by atoms with Crippen LogP contribution in [0.15, 0.2) is 90.0 Å². The quantitative estimate of drug-likeness (QED) is 0.352. The second-order valence-electron chi connectivity index (χ2n) is 10.5. The zero-order chi connectivity index (χ0) is 27.1. The topological polar surface area (TPSA) is 74.2 Å². The molecule has 2 aliphatic carbocycles. The van der Waals surface area contributed by atoms with Crippen LogP contribution >= 0.6 is 0 Å². The fraction of sp³-hybridized carbons (Fsp3) is 0.242. The van der Waals surface area contributed by atoms with Crippen LogP contribution in [0, 0.1) is 0 Å². The number of carbonyl (C=O) groups is 2. The van der Waals surface area contributed by atoms with Crippen molar-refractivity contribution < 1.29 is 14.3 Å². The third kappa shape index (κ3) is 4.32. The third-order valence-electron chi connectivity index (χ3n) is 8.05. The number of nitrogens with one attached hydrogen (secondary N) is 1. The van der Waals surface area contributed by atoms with E-state index in [1.54, 1.807) is 24.3 Å². The van der Waals surface area contributed by atoms with Crippen LogP contribution < -0.4 is 15.0 Å². The molecule has 1 fully saturated rings. The van der Waals surface area contributed by atoms with Crippen molar-refractivity contribution in [2.45, 2.75) is 12.5 Å². The molecule has 4 aliphatic rings. The van der Waals surface area contributed by atoms with Crippen LogP contribution in [-0.4, -0.2) is 67.6 Å². The molecule has 0 aromatic heterocycles. The van der Waals surface area contributed by atoms with Crippen molar-refractivity contribution >= 4 is 34.3 Å². The van der Waals surface area contributed by atoms with E-state index in [9.17, 15) is 9.59 Å². The highest BCUT2D eigenvalue weighted by Crippen LogP contribution is 2.46. The number of ketones is 2. The van der Waals surface area contributed by atoms with Crippen LogP contribution in [0.2, 0.25) is 0 Å². The van der Waals surface area contributed by atoms with Crippen LogP contribution in [0.4, 0.5) is 17.1 Å². The van der Waals surface area contributed by atoms with Crippen molar-refractivity contribution in [2.24, 2.45) is 4.99 Å². The maximum absolute atomic E-state index is 13.8. The van der Waals surface area contributed by atoms with Crippen LogP contribution in [0.25, 0.3) is 0 Å². The molecular formula is C33H30N4O3. The smallest absolute Gasteiger partial charge is 0.196 e. The highest BCUT2D eigenvalue weighted by molar-refractivity contribution is 6.32. The Labute approximate surface area is 233 Å². The van der Waals surface area contributed by atoms with E-state index in [1.807, 2.05) is 30.4 Å². The Bertz CT molecular complexity index is 1580. The standard InChI is InChI=1S/C33H30N4O3/c38-32-23-11-4-5-12-24(23)33(39)30-29(32)26(21-28-31(30)35-25-13-6-7-14-27(25)40-28)34-15-8-16-36-17-19-37(20-18-36)22-9-2-1-3-10-22/h1-7,9-14,21,27,34H,8,15-20H2. The molecule has 0 amide bonds. The maximum atomic E-state index is 13.8. The molecule has 0 spiro atoms. The van der Waals surface area contributed by atoms with Gasteiger partial charge in [0.15, 0.2) is 17.7 Å². The van der Waals surface area contributed by atoms with E-state index in [1.165, 1.54) is 5.69 Å². The predicted octanol–water partition coefficient (Wildman–Crippen LogP) is 5.05. The molecule has 0 saturated carbocycles. The molecule has 1 N–H and O–H groups in total. The predicted molar refractivity (Wildman–Crippen MR) is 158 cm³/mol. The number of aliphatic imine (C=N–C) groups is 1. The number of fused-ring (bicyclic) bond motifs is 5. The van der Waals surface area contributed by atoms with Crippen LogP contribution in [-0.2, 0) is 0 Å². The van der Waals surface area contributed by atoms with Crippen molar-refractivity contribution in [1.29, 1.82) is 0 Å². The van der Waals surface area contributed by atoms with Gasteiger partial charge < -0.3 is 15.0 Å². The fourth-order valence-electron chi connectivity index (χ4n) is 5.97. The molecule has 3 aromatic carbocycles. The lowest BCUT2D eigenvalue weighted by atomic mass is 9.81. The number of allylic oxidation sites excluding steroid dienone is 2. The first-order valence-corrected chi connectivity index (χ1v) is 13.9. The van der Waals surface area contributed by atoms with E-state index in [4.69, 9.17) is 9.73 Å². The first-order chi connectivity index (χ1) is 19.7. The van der Waals surface area contributed by atoms with Gasteiger partial charge in [0.05, 0.1) is 16.8 Å². The summed E-state index contributed by atoms with van der Waals surface area (Å²) >= 11 is 0. The van der Waals surface area contributed by atoms with E-state index in [-0.39, 0.29) is 17.7 Å². The molecule has 1 saturated heterocycles. The summed E-state index contributed by atoms with van der Waals surface area (Å²) in [6.07, 6.45) is 8.25. The van der Waals surface area contributed by atoms with Gasteiger partial charge >= 0.3 is 0 Å². The summed E-state index contributed by atoms with van der Waals surface area (Å²) in [6, 6.07) is 19.4. The monoisotopic (exact) mass is 530 g/mol. The molecule has 40 heavy (non-hydrogen) atoms. The molecule has 0 bridgehead atoms. The normalized spacial score (nSPS) is 19.2. The average molecular weight is 531 g/mol. The Morgan fingerprint density at radius 3 is 2.38 bits per heavy atom. The van der Waals surface area contributed by atoms with E-state index < -0.39 is 0 Å². The minimum atomic E-state index is -0.306. The van der Waals surface area contributed by atoms with Crippen LogP contribution in [0.3, 0.4) is 0 Å². The lowest BCUT2D eigenvalue weighted by Gasteiger charge is -2.36. The highest BCUT2D eigenvalue weighted by atomic mass is 16.5. The van der Waals surface area contributed by atoms with E-state index in [0.717, 1.165) is 44.9 Å². The van der Waals surface area contributed by atoms with Crippen molar-refractivity contribution in [3.63, 3.8) is 0 Å². The van der Waals surface area contributed by atoms with Crippen LogP contribution in [0.5, 0.6) is 5.75 Å². The summed E-state index contributed by atoms with van der Waals surface area (Å²) < 4.78 is 6.28. The van der Waals surface area contributed by atoms with Gasteiger partial charge in [0.2, 0.25) is 0 Å². The molecule has 7 rings (SSSR count). The van der Waals surface area contributed by atoms with Crippen molar-refractivity contribution in [3.05, 3.63) is 107 Å². The summed E-state index contributed by atoms with van der Waals surface area (Å²) in [5.41, 5.74) is 4.64. The van der Waals surface area contributed by atoms with Crippen LogP contribution in [0.1, 0.15) is 38.3 Å². The lowest BCUT2D eigenvalue weighted by Crippen LogP contribution is -2.46. The molecule has 1 atom stereocenters. The summed E-state index contributed by atoms with van der Waals surface area (Å²) in [5, 5.41) is 3.48. The highest BCUT2D eigenvalue weighted by Gasteiger charge is 2.37. The van der Waals surface area contributed by atoms with Crippen molar-refractivity contribution in [3.8, 4) is 5.75 Å². The molecule has 200 valence electrons. The molecule has 3 aromatic rings. The van der Waals surface area contributed by atoms with E-state index in [2.05, 4.69) is 45.4 Å². The van der Waals surface area contributed by atoms with Gasteiger partial charge in [0.25, 0.3) is 0 Å². The molecular weight excluding hydrogens is 500 g/mol. The second kappa shape index (κ2) is 10.2. The van der Waals surface area contributed by atoms with Crippen molar-refractivity contribution in [1.82, 2.24) is 4.90 Å². The van der Waals surface area contributed by atoms with Crippen molar-refractivity contribution in [2.75, 3.05) is 49.5 Å². The lowest BCUT2D eigenvalue weighted by molar-refractivity contribution is 0.0979. The molecule has 7 nitrogen and oxygen atoms in total. The Morgan fingerprint density at radius 1 is 0.875 bits per heavy atom. The number of piperazine rings is 1. The zero-order valence-corrected chi connectivity index (χ0v) is 22.2. The molecule has 1 unspecified atom stereocenters. The minimum Gasteiger partial charge on any atom is -0.478 e. The molecule has 2 heterocycles. The van der Waals surface area contributed by atoms with Gasteiger partial charge in [-0.15, -0.1) is 0 Å². The number of anilines is 2. The summed E-state index contributed by atoms with van der Waals surface area (Å²) in [5.74, 6) is 0.171. The SMILES string of the molecule is O=C1c2ccccc2C(=O)c2c3c(cc(NCCCN4CCN(c5ccccc5)CC4)c21)OC1C=CC=CC1=N3. The number of hydrogen-bond acceptors (Lipinski definition) is 7. The number of carbonyl (C=O) groups excluding carboxylic acids is 2. The summed E-state index contributed by atoms with van der Waals surface area (Å²) in [7, 11) is 0. The number of ether oxygens (including phenoxy) is 1. The van der Waals surface area contributed by atoms with Gasteiger partial charge in [-0.2, -0.15) is 0 Å². The number of rotatable bonds is 6. The van der Waals surface area contributed by atoms with E-state index >= 15 is 0 Å². The maximum Gasteiger partial charge on any atom is 0.196 e. The zero-order valence-electron chi connectivity index (χ0n) is 22.2. The van der Waals surface area contributed by atoms with Gasteiger partial charge in [-0.3, -0.25) is 14.5 Å². The Kier molecular flexibility index (Phi) is 6.28. The first kappa shape index (κ1) is 24.5. The van der Waals surface area contributed by atoms with Gasteiger partial charge in [0, 0.05) is 61.3 Å². The molecule has 7 heteroatoms. The molecule has 0 radical (unpaired) electrons. The third-order valence-corrected chi connectivity index (χ3v) is 8.05. The minimum absolute atomic E-state index is 0.158. The summed E-state index contributed by atoms with van der Waals surface area (Å²) in [4.78, 5) is 37.2. The Morgan fingerprint density at radius 2 is 1.60 bits per heavy atom. The fourth-order valence-corrected chi connectivity index (χ4v) is 5.97. The first-order valence-electron chi connectivity index (χ1n) is 13.9. The number of para-hydroxylation sites is 1. The largest absolute Gasteiger partial charge is 0.478 e. The average Bonchev–Trinajstić information content (AvgIpc) is 3.01. The summed E-state index contributed by atoms with van der Waals surface area (Å²) in [6.45, 7) is 5.69. The number of benzene rings is 3. The van der Waals surface area contributed by atoms with Gasteiger partial charge in [0.1, 0.15) is 11.4 Å². The van der Waals surface area contributed by atoms with Gasteiger partial charge in [-0.1, -0.05) is 54.6 Å². The molecule has 2 aliphatic heterocycles. The van der Waals surface area contributed by atoms with E-state index in [0.29, 0.717) is 45.9 Å². The Balaban J connectivity index is 1.10. The Hall–Kier alpha value is -4.49.